The fraction of sp³-hybridized carbons (Fsp3) is 0.182. The number of ether oxygens (including phenoxy) is 1. The van der Waals surface area contributed by atoms with E-state index in [4.69, 9.17) is 21.0 Å². The Morgan fingerprint density at radius 1 is 1.56 bits per heavy atom. The number of hydrogen-bond acceptors (Lipinski definition) is 5. The maximum absolute atomic E-state index is 9.50. The Balaban J connectivity index is 1.70. The molecule has 0 spiro atoms. The van der Waals surface area contributed by atoms with Crippen LogP contribution in [0.1, 0.15) is 10.4 Å². The smallest absolute Gasteiger partial charge is 0.488 e. The standard InChI is InChI=1S/C11H9BClNO3S/c13-11-14-4-9(18-11)6-16-8-1-2-10-7(3-8)5-17-12(10)15/h1-4,15H,5-6H2. The van der Waals surface area contributed by atoms with Crippen molar-refractivity contribution in [3.8, 4) is 5.75 Å². The summed E-state index contributed by atoms with van der Waals surface area (Å²) in [5.74, 6) is 0.746. The summed E-state index contributed by atoms with van der Waals surface area (Å²) in [6.45, 7) is 0.854. The monoisotopic (exact) mass is 281 g/mol. The summed E-state index contributed by atoms with van der Waals surface area (Å²) < 4.78 is 11.3. The highest BCUT2D eigenvalue weighted by Crippen LogP contribution is 2.21. The van der Waals surface area contributed by atoms with E-state index in [0.29, 0.717) is 17.7 Å². The quantitative estimate of drug-likeness (QED) is 0.868. The van der Waals surface area contributed by atoms with Crippen LogP contribution in [0.3, 0.4) is 0 Å². The predicted octanol–water partition coefficient (Wildman–Crippen LogP) is 1.59. The van der Waals surface area contributed by atoms with Crippen LogP contribution in [0.4, 0.5) is 0 Å². The van der Waals surface area contributed by atoms with E-state index < -0.39 is 7.12 Å². The van der Waals surface area contributed by atoms with E-state index in [9.17, 15) is 5.02 Å². The fourth-order valence-corrected chi connectivity index (χ4v) is 2.69. The van der Waals surface area contributed by atoms with Crippen LogP contribution in [-0.2, 0) is 17.9 Å². The van der Waals surface area contributed by atoms with Crippen molar-refractivity contribution in [1.29, 1.82) is 0 Å². The van der Waals surface area contributed by atoms with Crippen LogP contribution < -0.4 is 10.2 Å². The molecule has 0 radical (unpaired) electrons. The minimum atomic E-state index is -0.811. The Labute approximate surface area is 113 Å². The van der Waals surface area contributed by atoms with Gasteiger partial charge >= 0.3 is 7.12 Å². The van der Waals surface area contributed by atoms with E-state index >= 15 is 0 Å². The van der Waals surface area contributed by atoms with Crippen LogP contribution in [0, 0.1) is 0 Å². The fourth-order valence-electron chi connectivity index (χ4n) is 1.80. The molecule has 0 bridgehead atoms. The van der Waals surface area contributed by atoms with Gasteiger partial charge in [0.2, 0.25) is 0 Å². The van der Waals surface area contributed by atoms with Crippen molar-refractivity contribution < 1.29 is 14.4 Å². The van der Waals surface area contributed by atoms with Gasteiger partial charge in [-0.25, -0.2) is 4.98 Å². The third-order valence-corrected chi connectivity index (χ3v) is 3.77. The largest absolute Gasteiger partial charge is 0.491 e. The molecule has 0 amide bonds. The van der Waals surface area contributed by atoms with Crippen molar-refractivity contribution in [3.63, 3.8) is 0 Å². The van der Waals surface area contributed by atoms with Crippen molar-refractivity contribution in [2.45, 2.75) is 13.2 Å². The lowest BCUT2D eigenvalue weighted by atomic mass is 9.80. The molecule has 1 aliphatic heterocycles. The molecule has 0 saturated heterocycles. The minimum Gasteiger partial charge on any atom is -0.488 e. The van der Waals surface area contributed by atoms with Crippen LogP contribution >= 0.6 is 22.9 Å². The van der Waals surface area contributed by atoms with Crippen molar-refractivity contribution in [2.24, 2.45) is 0 Å². The van der Waals surface area contributed by atoms with Gasteiger partial charge in [-0.3, -0.25) is 0 Å². The summed E-state index contributed by atoms with van der Waals surface area (Å²) in [7, 11) is -0.811. The Morgan fingerprint density at radius 3 is 3.22 bits per heavy atom. The van der Waals surface area contributed by atoms with Gasteiger partial charge < -0.3 is 14.4 Å². The van der Waals surface area contributed by atoms with Gasteiger partial charge in [-0.1, -0.05) is 17.7 Å². The summed E-state index contributed by atoms with van der Waals surface area (Å²) in [6, 6.07) is 5.52. The predicted molar refractivity (Wildman–Crippen MR) is 70.3 cm³/mol. The Bertz CT molecular complexity index is 577. The van der Waals surface area contributed by atoms with E-state index in [2.05, 4.69) is 4.98 Å². The number of nitrogens with zero attached hydrogens (tertiary/aromatic N) is 1. The molecule has 4 nitrogen and oxygen atoms in total. The average molecular weight is 282 g/mol. The van der Waals surface area contributed by atoms with E-state index in [1.807, 2.05) is 18.2 Å². The third kappa shape index (κ3) is 2.37. The van der Waals surface area contributed by atoms with Gasteiger partial charge in [-0.2, -0.15) is 0 Å². The SMILES string of the molecule is OB1OCc2cc(OCc3cnc(Cl)s3)ccc21. The first kappa shape index (κ1) is 12.0. The molecule has 0 aliphatic carbocycles. The van der Waals surface area contributed by atoms with Gasteiger partial charge in [-0.15, -0.1) is 11.3 Å². The van der Waals surface area contributed by atoms with Crippen LogP contribution in [-0.4, -0.2) is 17.1 Å². The van der Waals surface area contributed by atoms with E-state index in [-0.39, 0.29) is 0 Å². The number of halogens is 1. The first-order valence-corrected chi connectivity index (χ1v) is 6.57. The number of fused-ring (bicyclic) bond motifs is 1. The van der Waals surface area contributed by atoms with E-state index in [0.717, 1.165) is 21.7 Å². The Hall–Kier alpha value is -1.08. The van der Waals surface area contributed by atoms with Crippen molar-refractivity contribution in [1.82, 2.24) is 4.98 Å². The second kappa shape index (κ2) is 4.89. The molecular weight excluding hydrogens is 272 g/mol. The topological polar surface area (TPSA) is 51.6 Å². The molecule has 2 heterocycles. The lowest BCUT2D eigenvalue weighted by molar-refractivity contribution is 0.274. The van der Waals surface area contributed by atoms with Gasteiger partial charge in [0.1, 0.15) is 12.4 Å². The van der Waals surface area contributed by atoms with Crippen LogP contribution in [0.25, 0.3) is 0 Å². The first-order chi connectivity index (χ1) is 8.72. The number of thiazole rings is 1. The highest BCUT2D eigenvalue weighted by atomic mass is 35.5. The van der Waals surface area contributed by atoms with Crippen LogP contribution in [0.15, 0.2) is 24.4 Å². The maximum atomic E-state index is 9.50. The van der Waals surface area contributed by atoms with E-state index in [1.54, 1.807) is 6.20 Å². The zero-order valence-electron chi connectivity index (χ0n) is 9.30. The molecule has 1 aliphatic rings. The normalized spacial score (nSPS) is 13.8. The minimum absolute atomic E-state index is 0.417. The molecule has 0 saturated carbocycles. The molecule has 92 valence electrons. The zero-order valence-corrected chi connectivity index (χ0v) is 10.9. The molecular formula is C11H9BClNO3S. The second-order valence-corrected chi connectivity index (χ2v) is 5.59. The zero-order chi connectivity index (χ0) is 12.5. The highest BCUT2D eigenvalue weighted by Gasteiger charge is 2.27. The van der Waals surface area contributed by atoms with Gasteiger partial charge in [0.05, 0.1) is 11.5 Å². The summed E-state index contributed by atoms with van der Waals surface area (Å²) in [5, 5.41) is 9.50. The molecule has 2 aromatic rings. The summed E-state index contributed by atoms with van der Waals surface area (Å²) in [4.78, 5) is 4.92. The number of rotatable bonds is 3. The van der Waals surface area contributed by atoms with Gasteiger partial charge in [0.15, 0.2) is 4.47 Å². The molecule has 1 aromatic heterocycles. The van der Waals surface area contributed by atoms with Gasteiger partial charge in [0.25, 0.3) is 0 Å². The first-order valence-electron chi connectivity index (χ1n) is 5.38. The van der Waals surface area contributed by atoms with Gasteiger partial charge in [0, 0.05) is 6.20 Å². The molecule has 1 N–H and O–H groups in total. The van der Waals surface area contributed by atoms with E-state index in [1.165, 1.54) is 11.3 Å². The van der Waals surface area contributed by atoms with Crippen LogP contribution in [0.2, 0.25) is 4.47 Å². The van der Waals surface area contributed by atoms with Crippen molar-refractivity contribution in [3.05, 3.63) is 39.3 Å². The lowest BCUT2D eigenvalue weighted by Crippen LogP contribution is -2.27. The maximum Gasteiger partial charge on any atom is 0.491 e. The molecule has 1 aromatic carbocycles. The molecule has 0 atom stereocenters. The Morgan fingerprint density at radius 2 is 2.44 bits per heavy atom. The summed E-state index contributed by atoms with van der Waals surface area (Å²) in [6.07, 6.45) is 1.70. The average Bonchev–Trinajstić information content (AvgIpc) is 2.94. The Kier molecular flexibility index (Phi) is 3.26. The van der Waals surface area contributed by atoms with Crippen molar-refractivity contribution in [2.75, 3.05) is 0 Å². The summed E-state index contributed by atoms with van der Waals surface area (Å²) in [5.41, 5.74) is 1.77. The number of benzene rings is 1. The lowest BCUT2D eigenvalue weighted by Gasteiger charge is -2.06. The van der Waals surface area contributed by atoms with Crippen LogP contribution in [0.5, 0.6) is 5.75 Å². The number of aromatic nitrogens is 1. The van der Waals surface area contributed by atoms with Gasteiger partial charge in [-0.05, 0) is 23.2 Å². The second-order valence-electron chi connectivity index (χ2n) is 3.89. The molecule has 7 heteroatoms. The molecule has 18 heavy (non-hydrogen) atoms. The number of hydrogen-bond donors (Lipinski definition) is 1. The third-order valence-electron chi connectivity index (χ3n) is 2.68. The van der Waals surface area contributed by atoms with Crippen molar-refractivity contribution >= 4 is 35.5 Å². The summed E-state index contributed by atoms with van der Waals surface area (Å²) >= 11 is 7.14. The molecule has 0 unspecified atom stereocenters. The molecule has 0 fully saturated rings. The highest BCUT2D eigenvalue weighted by molar-refractivity contribution is 7.15. The molecule has 3 rings (SSSR count).